The highest BCUT2D eigenvalue weighted by atomic mass is 127. The molecular formula is C17H20INO. The van der Waals surface area contributed by atoms with Crippen molar-refractivity contribution in [3.05, 3.63) is 57.2 Å². The SMILES string of the molecule is CCCNCc1ccc(C)c(Oc2ccc(I)cc2)c1. The van der Waals surface area contributed by atoms with E-state index in [-0.39, 0.29) is 0 Å². The Labute approximate surface area is 134 Å². The normalized spacial score (nSPS) is 10.6. The van der Waals surface area contributed by atoms with Crippen LogP contribution in [-0.4, -0.2) is 6.54 Å². The molecule has 20 heavy (non-hydrogen) atoms. The van der Waals surface area contributed by atoms with E-state index in [4.69, 9.17) is 4.74 Å². The van der Waals surface area contributed by atoms with Crippen molar-refractivity contribution in [3.63, 3.8) is 0 Å². The van der Waals surface area contributed by atoms with Gasteiger partial charge in [0.15, 0.2) is 0 Å². The number of benzene rings is 2. The lowest BCUT2D eigenvalue weighted by Crippen LogP contribution is -2.13. The van der Waals surface area contributed by atoms with Gasteiger partial charge in [0.25, 0.3) is 0 Å². The van der Waals surface area contributed by atoms with Gasteiger partial charge >= 0.3 is 0 Å². The first-order chi connectivity index (χ1) is 9.69. The second kappa shape index (κ2) is 7.64. The molecule has 0 unspecified atom stereocenters. The number of halogens is 1. The lowest BCUT2D eigenvalue weighted by molar-refractivity contribution is 0.477. The molecule has 0 aliphatic heterocycles. The maximum atomic E-state index is 5.98. The fraction of sp³-hybridized carbons (Fsp3) is 0.294. The Kier molecular flexibility index (Phi) is 5.86. The van der Waals surface area contributed by atoms with Crippen molar-refractivity contribution in [3.8, 4) is 11.5 Å². The van der Waals surface area contributed by atoms with Crippen molar-refractivity contribution >= 4 is 22.6 Å². The molecule has 0 amide bonds. The van der Waals surface area contributed by atoms with Crippen LogP contribution in [0, 0.1) is 10.5 Å². The molecule has 2 aromatic rings. The molecule has 0 radical (unpaired) electrons. The summed E-state index contributed by atoms with van der Waals surface area (Å²) in [6.45, 7) is 6.18. The van der Waals surface area contributed by atoms with E-state index in [1.165, 1.54) is 9.13 Å². The lowest BCUT2D eigenvalue weighted by atomic mass is 10.1. The smallest absolute Gasteiger partial charge is 0.130 e. The van der Waals surface area contributed by atoms with Crippen LogP contribution in [0.2, 0.25) is 0 Å². The fourth-order valence-electron chi connectivity index (χ4n) is 1.90. The number of aryl methyl sites for hydroxylation is 1. The fourth-order valence-corrected chi connectivity index (χ4v) is 2.26. The van der Waals surface area contributed by atoms with E-state index in [1.54, 1.807) is 0 Å². The van der Waals surface area contributed by atoms with E-state index in [0.29, 0.717) is 0 Å². The molecule has 2 aromatic carbocycles. The molecule has 0 fully saturated rings. The van der Waals surface area contributed by atoms with E-state index in [2.05, 4.69) is 72.1 Å². The van der Waals surface area contributed by atoms with Crippen LogP contribution >= 0.6 is 22.6 Å². The molecule has 0 heterocycles. The molecule has 0 bridgehead atoms. The van der Waals surface area contributed by atoms with Gasteiger partial charge in [0.1, 0.15) is 11.5 Å². The minimum Gasteiger partial charge on any atom is -0.457 e. The molecule has 2 nitrogen and oxygen atoms in total. The molecule has 3 heteroatoms. The summed E-state index contributed by atoms with van der Waals surface area (Å²) in [5.74, 6) is 1.81. The van der Waals surface area contributed by atoms with Crippen molar-refractivity contribution in [2.24, 2.45) is 0 Å². The first-order valence-corrected chi connectivity index (χ1v) is 8.00. The van der Waals surface area contributed by atoms with Gasteiger partial charge in [0, 0.05) is 10.1 Å². The van der Waals surface area contributed by atoms with Crippen molar-refractivity contribution in [1.82, 2.24) is 5.32 Å². The van der Waals surface area contributed by atoms with Crippen molar-refractivity contribution in [2.75, 3.05) is 6.54 Å². The average molecular weight is 381 g/mol. The number of hydrogen-bond donors (Lipinski definition) is 1. The van der Waals surface area contributed by atoms with Crippen molar-refractivity contribution in [1.29, 1.82) is 0 Å². The van der Waals surface area contributed by atoms with E-state index >= 15 is 0 Å². The molecule has 0 aromatic heterocycles. The Morgan fingerprint density at radius 1 is 1.10 bits per heavy atom. The Balaban J connectivity index is 2.09. The maximum Gasteiger partial charge on any atom is 0.130 e. The molecule has 106 valence electrons. The summed E-state index contributed by atoms with van der Waals surface area (Å²) in [5, 5.41) is 3.41. The number of rotatable bonds is 6. The quantitative estimate of drug-likeness (QED) is 0.568. The van der Waals surface area contributed by atoms with E-state index in [0.717, 1.165) is 36.6 Å². The monoisotopic (exact) mass is 381 g/mol. The standard InChI is InChI=1S/C17H20INO/c1-3-10-19-12-14-5-4-13(2)17(11-14)20-16-8-6-15(18)7-9-16/h4-9,11,19H,3,10,12H2,1-2H3. The van der Waals surface area contributed by atoms with Gasteiger partial charge in [-0.25, -0.2) is 0 Å². The van der Waals surface area contributed by atoms with Crippen LogP contribution in [0.4, 0.5) is 0 Å². The summed E-state index contributed by atoms with van der Waals surface area (Å²) in [4.78, 5) is 0. The van der Waals surface area contributed by atoms with Gasteiger partial charge in [0.2, 0.25) is 0 Å². The summed E-state index contributed by atoms with van der Waals surface area (Å²) in [5.41, 5.74) is 2.41. The van der Waals surface area contributed by atoms with Crippen LogP contribution in [0.3, 0.4) is 0 Å². The number of hydrogen-bond acceptors (Lipinski definition) is 2. The highest BCUT2D eigenvalue weighted by Gasteiger charge is 2.03. The summed E-state index contributed by atoms with van der Waals surface area (Å²) in [6.07, 6.45) is 1.15. The number of nitrogens with one attached hydrogen (secondary N) is 1. The summed E-state index contributed by atoms with van der Waals surface area (Å²) < 4.78 is 7.19. The molecule has 1 N–H and O–H groups in total. The molecule has 0 aliphatic carbocycles. The van der Waals surface area contributed by atoms with E-state index in [1.807, 2.05) is 12.1 Å². The van der Waals surface area contributed by atoms with E-state index < -0.39 is 0 Å². The van der Waals surface area contributed by atoms with Crippen LogP contribution in [0.5, 0.6) is 11.5 Å². The van der Waals surface area contributed by atoms with Gasteiger partial charge in [-0.3, -0.25) is 0 Å². The Morgan fingerprint density at radius 2 is 1.85 bits per heavy atom. The first kappa shape index (κ1) is 15.3. The third-order valence-corrected chi connectivity index (χ3v) is 3.77. The van der Waals surface area contributed by atoms with E-state index in [9.17, 15) is 0 Å². The topological polar surface area (TPSA) is 21.3 Å². The summed E-state index contributed by atoms with van der Waals surface area (Å²) in [7, 11) is 0. The predicted molar refractivity (Wildman–Crippen MR) is 92.4 cm³/mol. The molecule has 2 rings (SSSR count). The first-order valence-electron chi connectivity index (χ1n) is 6.92. The molecule has 0 atom stereocenters. The third kappa shape index (κ3) is 4.49. The van der Waals surface area contributed by atoms with Crippen LogP contribution in [0.15, 0.2) is 42.5 Å². The average Bonchev–Trinajstić information content (AvgIpc) is 2.45. The highest BCUT2D eigenvalue weighted by molar-refractivity contribution is 14.1. The highest BCUT2D eigenvalue weighted by Crippen LogP contribution is 2.26. The van der Waals surface area contributed by atoms with Crippen molar-refractivity contribution in [2.45, 2.75) is 26.8 Å². The van der Waals surface area contributed by atoms with Crippen LogP contribution in [-0.2, 0) is 6.54 Å². The van der Waals surface area contributed by atoms with Crippen LogP contribution in [0.1, 0.15) is 24.5 Å². The Bertz CT molecular complexity index is 551. The van der Waals surface area contributed by atoms with Gasteiger partial charge in [0.05, 0.1) is 0 Å². The number of ether oxygens (including phenoxy) is 1. The zero-order chi connectivity index (χ0) is 14.4. The summed E-state index contributed by atoms with van der Waals surface area (Å²) >= 11 is 2.29. The molecule has 0 spiro atoms. The minimum absolute atomic E-state index is 0.882. The Hall–Kier alpha value is -1.07. The predicted octanol–water partition coefficient (Wildman–Crippen LogP) is 4.89. The van der Waals surface area contributed by atoms with Gasteiger partial charge in [-0.2, -0.15) is 0 Å². The second-order valence-electron chi connectivity index (χ2n) is 4.83. The maximum absolute atomic E-state index is 5.98. The van der Waals surface area contributed by atoms with Crippen LogP contribution in [0.25, 0.3) is 0 Å². The Morgan fingerprint density at radius 3 is 2.55 bits per heavy atom. The van der Waals surface area contributed by atoms with Crippen LogP contribution < -0.4 is 10.1 Å². The second-order valence-corrected chi connectivity index (χ2v) is 6.08. The molecule has 0 saturated carbocycles. The van der Waals surface area contributed by atoms with Gasteiger partial charge < -0.3 is 10.1 Å². The lowest BCUT2D eigenvalue weighted by Gasteiger charge is -2.11. The van der Waals surface area contributed by atoms with Crippen molar-refractivity contribution < 1.29 is 4.74 Å². The largest absolute Gasteiger partial charge is 0.457 e. The zero-order valence-corrected chi connectivity index (χ0v) is 14.1. The summed E-state index contributed by atoms with van der Waals surface area (Å²) in [6, 6.07) is 14.5. The van der Waals surface area contributed by atoms with Gasteiger partial charge in [-0.05, 0) is 83.9 Å². The van der Waals surface area contributed by atoms with Gasteiger partial charge in [-0.15, -0.1) is 0 Å². The van der Waals surface area contributed by atoms with Gasteiger partial charge in [-0.1, -0.05) is 19.1 Å². The third-order valence-electron chi connectivity index (χ3n) is 3.05. The molecule has 0 aliphatic rings. The minimum atomic E-state index is 0.882. The zero-order valence-electron chi connectivity index (χ0n) is 11.9. The molecular weight excluding hydrogens is 361 g/mol. The molecule has 0 saturated heterocycles.